The van der Waals surface area contributed by atoms with E-state index in [9.17, 15) is 27.2 Å². The van der Waals surface area contributed by atoms with Gasteiger partial charge >= 0.3 is 10.2 Å². The fourth-order valence-corrected chi connectivity index (χ4v) is 2.76. The van der Waals surface area contributed by atoms with Crippen LogP contribution in [0, 0.1) is 10.1 Å². The van der Waals surface area contributed by atoms with Crippen molar-refractivity contribution in [2.24, 2.45) is 0 Å². The van der Waals surface area contributed by atoms with Gasteiger partial charge in [-0.2, -0.15) is 8.42 Å². The number of non-ortho nitro benzene ring substituents is 1. The third kappa shape index (κ3) is 2.88. The van der Waals surface area contributed by atoms with E-state index in [1.165, 1.54) is 36.4 Å². The summed E-state index contributed by atoms with van der Waals surface area (Å²) in [6, 6.07) is 9.98. The van der Waals surface area contributed by atoms with Crippen LogP contribution in [0.3, 0.4) is 0 Å². The molecule has 2 aromatic carbocycles. The Morgan fingerprint density at radius 1 is 1.04 bits per heavy atom. The number of nitrogens with zero attached hydrogens (tertiary/aromatic N) is 1. The molecule has 0 aliphatic carbocycles. The van der Waals surface area contributed by atoms with E-state index < -0.39 is 25.5 Å². The van der Waals surface area contributed by atoms with E-state index in [4.69, 9.17) is 0 Å². The summed E-state index contributed by atoms with van der Waals surface area (Å²) in [4.78, 5) is 24.8. The molecule has 0 aliphatic rings. The number of aromatic amines is 1. The van der Waals surface area contributed by atoms with Gasteiger partial charge in [0.05, 0.1) is 20.7 Å². The minimum absolute atomic E-state index is 0.163. The Bertz CT molecular complexity index is 1120. The molecule has 0 spiro atoms. The number of nitro benzene ring substituents is 1. The van der Waals surface area contributed by atoms with Gasteiger partial charge in [0.25, 0.3) is 5.69 Å². The second-order valence-corrected chi connectivity index (χ2v) is 6.34. The van der Waals surface area contributed by atoms with Gasteiger partial charge in [0.2, 0.25) is 0 Å². The summed E-state index contributed by atoms with van der Waals surface area (Å²) in [5, 5.41) is 10.9. The number of nitrogens with one attached hydrogen (secondary N) is 1. The van der Waals surface area contributed by atoms with Crippen molar-refractivity contribution in [2.45, 2.75) is 4.90 Å². The Hall–Kier alpha value is -3.07. The lowest BCUT2D eigenvalue weighted by Gasteiger charge is -2.05. The van der Waals surface area contributed by atoms with Gasteiger partial charge in [-0.3, -0.25) is 14.9 Å². The Balaban J connectivity index is 2.13. The van der Waals surface area contributed by atoms with Crippen molar-refractivity contribution in [1.82, 2.24) is 4.98 Å². The first-order chi connectivity index (χ1) is 11.3. The number of fused-ring (bicyclic) bond motifs is 1. The number of hydrogen-bond acceptors (Lipinski definition) is 5. The SMILES string of the molecule is O=c1cc(-c2ccc(S(=O)(=O)F)cc2)[nH]c2ccc([N+](=O)[O-])cc12. The maximum atomic E-state index is 12.9. The molecule has 1 N–H and O–H groups in total. The predicted octanol–water partition coefficient (Wildman–Crippen LogP) is 2.76. The van der Waals surface area contributed by atoms with Crippen LogP contribution in [-0.4, -0.2) is 18.3 Å². The van der Waals surface area contributed by atoms with Crippen molar-refractivity contribution in [1.29, 1.82) is 0 Å². The molecule has 3 aromatic rings. The molecule has 9 heteroatoms. The van der Waals surface area contributed by atoms with Crippen LogP contribution in [0.25, 0.3) is 22.2 Å². The molecule has 0 saturated heterocycles. The first-order valence-corrected chi connectivity index (χ1v) is 8.00. The molecule has 1 aromatic heterocycles. The van der Waals surface area contributed by atoms with E-state index in [-0.39, 0.29) is 11.1 Å². The summed E-state index contributed by atoms with van der Waals surface area (Å²) in [5.74, 6) is 0. The molecule has 0 radical (unpaired) electrons. The van der Waals surface area contributed by atoms with Gasteiger partial charge in [-0.25, -0.2) is 0 Å². The Kier molecular flexibility index (Phi) is 3.64. The Morgan fingerprint density at radius 3 is 2.29 bits per heavy atom. The third-order valence-corrected chi connectivity index (χ3v) is 4.31. The number of pyridine rings is 1. The summed E-state index contributed by atoms with van der Waals surface area (Å²) in [7, 11) is -4.79. The van der Waals surface area contributed by atoms with Crippen LogP contribution in [0.2, 0.25) is 0 Å². The van der Waals surface area contributed by atoms with Gasteiger partial charge in [-0.15, -0.1) is 3.89 Å². The molecular weight excluding hydrogens is 339 g/mol. The predicted molar refractivity (Wildman–Crippen MR) is 85.0 cm³/mol. The van der Waals surface area contributed by atoms with Crippen molar-refractivity contribution in [3.8, 4) is 11.3 Å². The molecule has 0 amide bonds. The molecule has 0 aliphatic heterocycles. The second kappa shape index (κ2) is 5.53. The fourth-order valence-electron chi connectivity index (χ4n) is 2.30. The van der Waals surface area contributed by atoms with Gasteiger partial charge in [-0.1, -0.05) is 12.1 Å². The molecule has 0 atom stereocenters. The van der Waals surface area contributed by atoms with E-state index in [0.29, 0.717) is 16.8 Å². The minimum atomic E-state index is -4.79. The highest BCUT2D eigenvalue weighted by atomic mass is 32.3. The van der Waals surface area contributed by atoms with Gasteiger partial charge in [-0.05, 0) is 23.8 Å². The second-order valence-electron chi connectivity index (χ2n) is 5.00. The summed E-state index contributed by atoms with van der Waals surface area (Å²) >= 11 is 0. The number of halogens is 1. The van der Waals surface area contributed by atoms with Crippen LogP contribution in [0.1, 0.15) is 0 Å². The molecule has 1 heterocycles. The number of nitro groups is 1. The normalized spacial score (nSPS) is 11.5. The lowest BCUT2D eigenvalue weighted by atomic mass is 10.1. The highest BCUT2D eigenvalue weighted by molar-refractivity contribution is 7.86. The smallest absolute Gasteiger partial charge is 0.332 e. The molecule has 3 rings (SSSR count). The van der Waals surface area contributed by atoms with Crippen molar-refractivity contribution in [3.63, 3.8) is 0 Å². The average molecular weight is 348 g/mol. The van der Waals surface area contributed by atoms with Crippen LogP contribution < -0.4 is 5.43 Å². The zero-order chi connectivity index (χ0) is 17.5. The summed E-state index contributed by atoms with van der Waals surface area (Å²) < 4.78 is 34.5. The molecule has 24 heavy (non-hydrogen) atoms. The quantitative estimate of drug-likeness (QED) is 0.444. The van der Waals surface area contributed by atoms with Gasteiger partial charge in [0.1, 0.15) is 0 Å². The summed E-state index contributed by atoms with van der Waals surface area (Å²) in [6.07, 6.45) is 0. The summed E-state index contributed by atoms with van der Waals surface area (Å²) in [5.41, 5.74) is 0.622. The number of hydrogen-bond donors (Lipinski definition) is 1. The van der Waals surface area contributed by atoms with Crippen LogP contribution in [0.15, 0.2) is 58.2 Å². The lowest BCUT2D eigenvalue weighted by Crippen LogP contribution is -2.03. The number of H-pyrrole nitrogens is 1. The van der Waals surface area contributed by atoms with Crippen LogP contribution >= 0.6 is 0 Å². The van der Waals surface area contributed by atoms with E-state index in [1.807, 2.05) is 0 Å². The molecule has 0 saturated carbocycles. The maximum Gasteiger partial charge on any atom is 0.332 e. The number of rotatable bonds is 3. The van der Waals surface area contributed by atoms with Crippen LogP contribution in [0.4, 0.5) is 9.57 Å². The number of benzene rings is 2. The van der Waals surface area contributed by atoms with E-state index in [1.54, 1.807) is 0 Å². The molecule has 122 valence electrons. The molecule has 7 nitrogen and oxygen atoms in total. The third-order valence-electron chi connectivity index (χ3n) is 3.47. The Labute approximate surface area is 134 Å². The van der Waals surface area contributed by atoms with Gasteiger partial charge in [0, 0.05) is 23.9 Å². The van der Waals surface area contributed by atoms with E-state index in [0.717, 1.165) is 12.1 Å². The summed E-state index contributed by atoms with van der Waals surface area (Å²) in [6.45, 7) is 0. The van der Waals surface area contributed by atoms with Gasteiger partial charge < -0.3 is 4.98 Å². The zero-order valence-corrected chi connectivity index (χ0v) is 12.7. The van der Waals surface area contributed by atoms with Gasteiger partial charge in [0.15, 0.2) is 5.43 Å². The molecular formula is C15H9FN2O5S. The largest absolute Gasteiger partial charge is 0.354 e. The minimum Gasteiger partial charge on any atom is -0.354 e. The average Bonchev–Trinajstić information content (AvgIpc) is 2.53. The number of aromatic nitrogens is 1. The molecule has 0 fully saturated rings. The molecule has 0 unspecified atom stereocenters. The lowest BCUT2D eigenvalue weighted by molar-refractivity contribution is -0.384. The van der Waals surface area contributed by atoms with Crippen molar-refractivity contribution < 1.29 is 17.2 Å². The van der Waals surface area contributed by atoms with Crippen molar-refractivity contribution in [3.05, 3.63) is 68.9 Å². The van der Waals surface area contributed by atoms with E-state index in [2.05, 4.69) is 4.98 Å². The van der Waals surface area contributed by atoms with Crippen molar-refractivity contribution in [2.75, 3.05) is 0 Å². The standard InChI is InChI=1S/C15H9FN2O5S/c16-24(22,23)11-4-1-9(2-5-11)14-8-15(19)12-7-10(18(20)21)3-6-13(12)17-14/h1-8H,(H,17,19). The maximum absolute atomic E-state index is 12.9. The van der Waals surface area contributed by atoms with Crippen LogP contribution in [-0.2, 0) is 10.2 Å². The first-order valence-electron chi connectivity index (χ1n) is 6.62. The Morgan fingerprint density at radius 2 is 1.71 bits per heavy atom. The zero-order valence-electron chi connectivity index (χ0n) is 11.9. The van der Waals surface area contributed by atoms with Crippen LogP contribution in [0.5, 0.6) is 0 Å². The molecule has 0 bridgehead atoms. The van der Waals surface area contributed by atoms with Crippen molar-refractivity contribution >= 4 is 26.8 Å². The topological polar surface area (TPSA) is 110 Å². The monoisotopic (exact) mass is 348 g/mol. The van der Waals surface area contributed by atoms with E-state index >= 15 is 0 Å². The fraction of sp³-hybridized carbons (Fsp3) is 0. The highest BCUT2D eigenvalue weighted by Crippen LogP contribution is 2.23. The highest BCUT2D eigenvalue weighted by Gasteiger charge is 2.13. The first kappa shape index (κ1) is 15.8.